The van der Waals surface area contributed by atoms with Crippen LogP contribution in [0.2, 0.25) is 0 Å². The van der Waals surface area contributed by atoms with Gasteiger partial charge in [0.2, 0.25) is 0 Å². The Morgan fingerprint density at radius 2 is 2.22 bits per heavy atom. The predicted octanol–water partition coefficient (Wildman–Crippen LogP) is 2.63. The van der Waals surface area contributed by atoms with E-state index >= 15 is 0 Å². The maximum absolute atomic E-state index is 11.8. The topological polar surface area (TPSA) is 46.5 Å². The molecule has 0 saturated heterocycles. The van der Waals surface area contributed by atoms with Gasteiger partial charge in [-0.15, -0.1) is 0 Å². The highest BCUT2D eigenvalue weighted by atomic mass is 16.5. The Morgan fingerprint density at radius 1 is 1.44 bits per heavy atom. The molecule has 2 unspecified atom stereocenters. The summed E-state index contributed by atoms with van der Waals surface area (Å²) in [6.07, 6.45) is 2.81. The second-order valence-corrected chi connectivity index (χ2v) is 4.83. The number of hydrogen-bond acceptors (Lipinski definition) is 3. The zero-order valence-corrected chi connectivity index (χ0v) is 10.8. The van der Waals surface area contributed by atoms with E-state index in [1.165, 1.54) is 0 Å². The van der Waals surface area contributed by atoms with Gasteiger partial charge < -0.3 is 9.84 Å². The third-order valence-electron chi connectivity index (χ3n) is 3.46. The summed E-state index contributed by atoms with van der Waals surface area (Å²) in [6, 6.07) is 7.76. The van der Waals surface area contributed by atoms with Crippen LogP contribution in [0.5, 0.6) is 0 Å². The molecule has 3 heteroatoms. The lowest BCUT2D eigenvalue weighted by Gasteiger charge is -2.07. The molecule has 2 atom stereocenters. The van der Waals surface area contributed by atoms with Gasteiger partial charge in [0.15, 0.2) is 0 Å². The van der Waals surface area contributed by atoms with Crippen molar-refractivity contribution in [1.29, 1.82) is 0 Å². The van der Waals surface area contributed by atoms with Crippen LogP contribution in [-0.2, 0) is 16.1 Å². The Labute approximate surface area is 108 Å². The normalized spacial score (nSPS) is 21.7. The van der Waals surface area contributed by atoms with Crippen LogP contribution in [0.3, 0.4) is 0 Å². The standard InChI is InChI=1S/C15H20O3/c1-2-3-8-18-15(17)14-9-13(14)12-7-5-4-6-11(12)10-16/h4-7,13-14,16H,2-3,8-10H2,1H3. The smallest absolute Gasteiger partial charge is 0.309 e. The van der Waals surface area contributed by atoms with Crippen molar-refractivity contribution in [3.05, 3.63) is 35.4 Å². The summed E-state index contributed by atoms with van der Waals surface area (Å²) in [7, 11) is 0. The Kier molecular flexibility index (Phi) is 4.37. The van der Waals surface area contributed by atoms with Crippen molar-refractivity contribution in [2.45, 2.75) is 38.7 Å². The van der Waals surface area contributed by atoms with Gasteiger partial charge in [-0.1, -0.05) is 37.6 Å². The number of carbonyl (C=O) groups is 1. The quantitative estimate of drug-likeness (QED) is 0.622. The van der Waals surface area contributed by atoms with Crippen LogP contribution < -0.4 is 0 Å². The molecule has 1 aliphatic rings. The van der Waals surface area contributed by atoms with Crippen LogP contribution in [0.25, 0.3) is 0 Å². The van der Waals surface area contributed by atoms with Gasteiger partial charge in [-0.05, 0) is 29.9 Å². The maximum atomic E-state index is 11.8. The highest BCUT2D eigenvalue weighted by Gasteiger charge is 2.45. The van der Waals surface area contributed by atoms with E-state index in [-0.39, 0.29) is 24.4 Å². The Morgan fingerprint density at radius 3 is 2.94 bits per heavy atom. The molecule has 1 fully saturated rings. The molecule has 98 valence electrons. The summed E-state index contributed by atoms with van der Waals surface area (Å²) in [4.78, 5) is 11.8. The van der Waals surface area contributed by atoms with Crippen molar-refractivity contribution in [2.24, 2.45) is 5.92 Å². The van der Waals surface area contributed by atoms with Crippen LogP contribution in [0.15, 0.2) is 24.3 Å². The van der Waals surface area contributed by atoms with Crippen molar-refractivity contribution < 1.29 is 14.6 Å². The first-order valence-electron chi connectivity index (χ1n) is 6.63. The maximum Gasteiger partial charge on any atom is 0.309 e. The lowest BCUT2D eigenvalue weighted by molar-refractivity contribution is -0.145. The first-order chi connectivity index (χ1) is 8.77. The van der Waals surface area contributed by atoms with Crippen molar-refractivity contribution in [2.75, 3.05) is 6.61 Å². The van der Waals surface area contributed by atoms with Crippen molar-refractivity contribution in [1.82, 2.24) is 0 Å². The fourth-order valence-corrected chi connectivity index (χ4v) is 2.26. The summed E-state index contributed by atoms with van der Waals surface area (Å²) < 4.78 is 5.23. The molecular weight excluding hydrogens is 228 g/mol. The summed E-state index contributed by atoms with van der Waals surface area (Å²) in [5.41, 5.74) is 2.02. The molecule has 18 heavy (non-hydrogen) atoms. The second-order valence-electron chi connectivity index (χ2n) is 4.83. The van der Waals surface area contributed by atoms with E-state index in [2.05, 4.69) is 6.92 Å². The van der Waals surface area contributed by atoms with Gasteiger partial charge in [0, 0.05) is 0 Å². The number of hydrogen-bond donors (Lipinski definition) is 1. The first kappa shape index (κ1) is 13.1. The lowest BCUT2D eigenvalue weighted by atomic mass is 10.0. The monoisotopic (exact) mass is 248 g/mol. The molecule has 0 heterocycles. The number of aliphatic hydroxyl groups excluding tert-OH is 1. The van der Waals surface area contributed by atoms with Gasteiger partial charge >= 0.3 is 5.97 Å². The molecule has 1 N–H and O–H groups in total. The molecule has 0 radical (unpaired) electrons. The predicted molar refractivity (Wildman–Crippen MR) is 69.1 cm³/mol. The first-order valence-corrected chi connectivity index (χ1v) is 6.63. The molecule has 0 aliphatic heterocycles. The van der Waals surface area contributed by atoms with Gasteiger partial charge in [-0.25, -0.2) is 0 Å². The fourth-order valence-electron chi connectivity index (χ4n) is 2.26. The Bertz CT molecular complexity index is 414. The van der Waals surface area contributed by atoms with Gasteiger partial charge in [0.05, 0.1) is 19.1 Å². The number of ether oxygens (including phenoxy) is 1. The summed E-state index contributed by atoms with van der Waals surface area (Å²) in [5.74, 6) is 0.151. The lowest BCUT2D eigenvalue weighted by Crippen LogP contribution is -2.09. The average Bonchev–Trinajstić information content (AvgIpc) is 3.19. The molecule has 0 aromatic heterocycles. The number of esters is 1. The number of rotatable bonds is 6. The SMILES string of the molecule is CCCCOC(=O)C1CC1c1ccccc1CO. The number of unbranched alkanes of at least 4 members (excludes halogenated alkanes) is 1. The van der Waals surface area contributed by atoms with Crippen LogP contribution >= 0.6 is 0 Å². The minimum absolute atomic E-state index is 0.00504. The molecule has 3 nitrogen and oxygen atoms in total. The molecule has 0 bridgehead atoms. The van der Waals surface area contributed by atoms with Crippen LogP contribution in [0.4, 0.5) is 0 Å². The minimum atomic E-state index is -0.0822. The van der Waals surface area contributed by atoms with Gasteiger partial charge in [-0.2, -0.15) is 0 Å². The average molecular weight is 248 g/mol. The fraction of sp³-hybridized carbons (Fsp3) is 0.533. The van der Waals surface area contributed by atoms with Crippen LogP contribution in [0.1, 0.15) is 43.2 Å². The molecule has 0 spiro atoms. The Balaban J connectivity index is 1.92. The third kappa shape index (κ3) is 2.91. The number of aliphatic hydroxyl groups is 1. The zero-order chi connectivity index (χ0) is 13.0. The van der Waals surface area contributed by atoms with Crippen LogP contribution in [-0.4, -0.2) is 17.7 Å². The number of carbonyl (C=O) groups excluding carboxylic acids is 1. The number of benzene rings is 1. The van der Waals surface area contributed by atoms with E-state index in [1.807, 2.05) is 24.3 Å². The molecule has 1 aromatic rings. The van der Waals surface area contributed by atoms with E-state index in [1.54, 1.807) is 0 Å². The highest BCUT2D eigenvalue weighted by Crippen LogP contribution is 2.49. The van der Waals surface area contributed by atoms with Crippen molar-refractivity contribution in [3.8, 4) is 0 Å². The van der Waals surface area contributed by atoms with E-state index < -0.39 is 0 Å². The van der Waals surface area contributed by atoms with Crippen LogP contribution in [0, 0.1) is 5.92 Å². The van der Waals surface area contributed by atoms with E-state index in [0.717, 1.165) is 30.4 Å². The molecule has 2 rings (SSSR count). The minimum Gasteiger partial charge on any atom is -0.465 e. The molecule has 0 amide bonds. The largest absolute Gasteiger partial charge is 0.465 e. The van der Waals surface area contributed by atoms with Crippen molar-refractivity contribution in [3.63, 3.8) is 0 Å². The molecule has 1 aliphatic carbocycles. The zero-order valence-electron chi connectivity index (χ0n) is 10.8. The van der Waals surface area contributed by atoms with Gasteiger partial charge in [0.1, 0.15) is 0 Å². The molecule has 1 saturated carbocycles. The second kappa shape index (κ2) is 6.01. The Hall–Kier alpha value is -1.35. The summed E-state index contributed by atoms with van der Waals surface area (Å²) >= 11 is 0. The third-order valence-corrected chi connectivity index (χ3v) is 3.46. The van der Waals surface area contributed by atoms with Crippen molar-refractivity contribution >= 4 is 5.97 Å². The highest BCUT2D eigenvalue weighted by molar-refractivity contribution is 5.77. The van der Waals surface area contributed by atoms with E-state index in [4.69, 9.17) is 4.74 Å². The molecule has 1 aromatic carbocycles. The van der Waals surface area contributed by atoms with E-state index in [0.29, 0.717) is 6.61 Å². The molecular formula is C15H20O3. The van der Waals surface area contributed by atoms with Gasteiger partial charge in [-0.3, -0.25) is 4.79 Å². The summed E-state index contributed by atoms with van der Waals surface area (Å²) in [5, 5.41) is 9.28. The van der Waals surface area contributed by atoms with Gasteiger partial charge in [0.25, 0.3) is 0 Å². The van der Waals surface area contributed by atoms with E-state index in [9.17, 15) is 9.90 Å². The summed E-state index contributed by atoms with van der Waals surface area (Å²) in [6.45, 7) is 2.63.